The molecule has 0 spiro atoms. The molecule has 0 fully saturated rings. The molecule has 3 aromatic carbocycles. The quantitative estimate of drug-likeness (QED) is 0.490. The van der Waals surface area contributed by atoms with Gasteiger partial charge < -0.3 is 9.47 Å². The summed E-state index contributed by atoms with van der Waals surface area (Å²) < 4.78 is 25.6. The number of methoxy groups -OCH3 is 2. The van der Waals surface area contributed by atoms with E-state index in [1.54, 1.807) is 44.6 Å². The van der Waals surface area contributed by atoms with Crippen LogP contribution in [0.15, 0.2) is 77.9 Å². The van der Waals surface area contributed by atoms with Crippen LogP contribution in [0.25, 0.3) is 0 Å². The van der Waals surface area contributed by atoms with E-state index >= 15 is 0 Å². The first kappa shape index (κ1) is 23.4. The second kappa shape index (κ2) is 10.5. The van der Waals surface area contributed by atoms with Gasteiger partial charge in [-0.1, -0.05) is 48.5 Å². The maximum atomic E-state index is 14.6. The van der Waals surface area contributed by atoms with Crippen LogP contribution in [0.1, 0.15) is 29.2 Å². The van der Waals surface area contributed by atoms with E-state index in [1.165, 1.54) is 11.1 Å². The standard InChI is InChI=1S/C27H28FN3O3/c1-30(17-19-9-5-4-6-10-19)18-27(32)31-25(22-15-20(33-2)13-14-26(22)34-3)16-24(29-31)21-11-7-8-12-23(21)28/h4-15,25H,16-18H2,1-3H3/t25-/m1/s1. The molecule has 6 nitrogen and oxygen atoms in total. The molecular formula is C27H28FN3O3. The number of hydrogen-bond acceptors (Lipinski definition) is 5. The van der Waals surface area contributed by atoms with Gasteiger partial charge in [0.15, 0.2) is 0 Å². The first-order valence-electron chi connectivity index (χ1n) is 11.1. The summed E-state index contributed by atoms with van der Waals surface area (Å²) in [6.07, 6.45) is 0.360. The molecule has 1 atom stereocenters. The number of hydrazone groups is 1. The number of halogens is 1. The SMILES string of the molecule is COc1ccc(OC)c([C@H]2CC(c3ccccc3F)=NN2C(=O)CN(C)Cc2ccccc2)c1. The summed E-state index contributed by atoms with van der Waals surface area (Å²) >= 11 is 0. The molecule has 1 amide bonds. The highest BCUT2D eigenvalue weighted by Gasteiger charge is 2.36. The molecule has 0 N–H and O–H groups in total. The molecule has 1 aliphatic rings. The second-order valence-electron chi connectivity index (χ2n) is 8.25. The molecule has 0 aromatic heterocycles. The van der Waals surface area contributed by atoms with Crippen LogP contribution < -0.4 is 9.47 Å². The molecule has 7 heteroatoms. The lowest BCUT2D eigenvalue weighted by Gasteiger charge is -2.26. The third kappa shape index (κ3) is 5.10. The summed E-state index contributed by atoms with van der Waals surface area (Å²) in [5.74, 6) is 0.711. The van der Waals surface area contributed by atoms with Crippen molar-refractivity contribution >= 4 is 11.6 Å². The Balaban J connectivity index is 1.65. The van der Waals surface area contributed by atoms with Crippen LogP contribution >= 0.6 is 0 Å². The minimum atomic E-state index is -0.447. The lowest BCUT2D eigenvalue weighted by Crippen LogP contribution is -2.36. The Hall–Kier alpha value is -3.71. The van der Waals surface area contributed by atoms with E-state index in [4.69, 9.17) is 9.47 Å². The molecule has 0 saturated carbocycles. The molecule has 3 aromatic rings. The van der Waals surface area contributed by atoms with E-state index in [1.807, 2.05) is 48.3 Å². The molecule has 176 valence electrons. The van der Waals surface area contributed by atoms with Crippen LogP contribution in [0.3, 0.4) is 0 Å². The van der Waals surface area contributed by atoms with Crippen LogP contribution in [-0.4, -0.2) is 49.3 Å². The molecule has 1 aliphatic heterocycles. The predicted molar refractivity (Wildman–Crippen MR) is 129 cm³/mol. The highest BCUT2D eigenvalue weighted by Crippen LogP contribution is 2.39. The fraction of sp³-hybridized carbons (Fsp3) is 0.259. The minimum absolute atomic E-state index is 0.158. The van der Waals surface area contributed by atoms with E-state index in [9.17, 15) is 9.18 Å². The zero-order chi connectivity index (χ0) is 24.1. The summed E-state index contributed by atoms with van der Waals surface area (Å²) in [5, 5.41) is 6.06. The van der Waals surface area contributed by atoms with Crippen LogP contribution in [0, 0.1) is 5.82 Å². The summed E-state index contributed by atoms with van der Waals surface area (Å²) in [6, 6.07) is 21.4. The van der Waals surface area contributed by atoms with Gasteiger partial charge in [-0.25, -0.2) is 9.40 Å². The third-order valence-corrected chi connectivity index (χ3v) is 5.85. The average molecular weight is 462 g/mol. The highest BCUT2D eigenvalue weighted by molar-refractivity contribution is 6.03. The molecule has 0 saturated heterocycles. The largest absolute Gasteiger partial charge is 0.497 e. The highest BCUT2D eigenvalue weighted by atomic mass is 19.1. The Morgan fingerprint density at radius 1 is 1.06 bits per heavy atom. The average Bonchev–Trinajstić information content (AvgIpc) is 3.29. The van der Waals surface area contributed by atoms with Gasteiger partial charge in [0.1, 0.15) is 17.3 Å². The number of nitrogens with zero attached hydrogens (tertiary/aromatic N) is 3. The molecular weight excluding hydrogens is 433 g/mol. The first-order valence-corrected chi connectivity index (χ1v) is 11.1. The van der Waals surface area contributed by atoms with Crippen molar-refractivity contribution in [3.8, 4) is 11.5 Å². The van der Waals surface area contributed by atoms with Crippen molar-refractivity contribution in [1.82, 2.24) is 9.91 Å². The lowest BCUT2D eigenvalue weighted by atomic mass is 9.97. The molecule has 4 rings (SSSR count). The van der Waals surface area contributed by atoms with Gasteiger partial charge in [-0.15, -0.1) is 0 Å². The molecule has 0 radical (unpaired) electrons. The number of carbonyl (C=O) groups is 1. The van der Waals surface area contributed by atoms with Gasteiger partial charge in [-0.05, 0) is 36.9 Å². The van der Waals surface area contributed by atoms with E-state index in [2.05, 4.69) is 5.10 Å². The Bertz CT molecular complexity index is 1180. The van der Waals surface area contributed by atoms with Crippen molar-refractivity contribution in [2.45, 2.75) is 19.0 Å². The van der Waals surface area contributed by atoms with Crippen molar-refractivity contribution in [2.24, 2.45) is 5.10 Å². The number of benzene rings is 3. The zero-order valence-corrected chi connectivity index (χ0v) is 19.6. The van der Waals surface area contributed by atoms with E-state index < -0.39 is 6.04 Å². The Kier molecular flexibility index (Phi) is 7.23. The minimum Gasteiger partial charge on any atom is -0.497 e. The number of likely N-dealkylation sites (N-methyl/N-ethyl adjacent to an activating group) is 1. The normalized spacial score (nSPS) is 15.4. The lowest BCUT2D eigenvalue weighted by molar-refractivity contribution is -0.134. The summed E-state index contributed by atoms with van der Waals surface area (Å²) in [4.78, 5) is 15.4. The van der Waals surface area contributed by atoms with Crippen molar-refractivity contribution in [2.75, 3.05) is 27.8 Å². The molecule has 1 heterocycles. The second-order valence-corrected chi connectivity index (χ2v) is 8.25. The topological polar surface area (TPSA) is 54.4 Å². The van der Waals surface area contributed by atoms with Gasteiger partial charge in [0.2, 0.25) is 0 Å². The summed E-state index contributed by atoms with van der Waals surface area (Å²) in [6.45, 7) is 0.781. The van der Waals surface area contributed by atoms with Crippen molar-refractivity contribution in [3.63, 3.8) is 0 Å². The van der Waals surface area contributed by atoms with E-state index in [0.29, 0.717) is 35.7 Å². The molecule has 0 bridgehead atoms. The predicted octanol–water partition coefficient (Wildman–Crippen LogP) is 4.65. The first-order chi connectivity index (χ1) is 16.5. The number of rotatable bonds is 8. The van der Waals surface area contributed by atoms with Gasteiger partial charge in [-0.3, -0.25) is 9.69 Å². The van der Waals surface area contributed by atoms with E-state index in [0.717, 1.165) is 11.1 Å². The van der Waals surface area contributed by atoms with Gasteiger partial charge in [0.25, 0.3) is 5.91 Å². The van der Waals surface area contributed by atoms with Crippen molar-refractivity contribution in [1.29, 1.82) is 0 Å². The fourth-order valence-corrected chi connectivity index (χ4v) is 4.19. The van der Waals surface area contributed by atoms with Crippen LogP contribution in [0.2, 0.25) is 0 Å². The van der Waals surface area contributed by atoms with Gasteiger partial charge in [0, 0.05) is 24.1 Å². The molecule has 0 aliphatic carbocycles. The van der Waals surface area contributed by atoms with Crippen molar-refractivity contribution < 1.29 is 18.7 Å². The number of amides is 1. The maximum Gasteiger partial charge on any atom is 0.257 e. The fourth-order valence-electron chi connectivity index (χ4n) is 4.19. The van der Waals surface area contributed by atoms with Crippen molar-refractivity contribution in [3.05, 3.63) is 95.3 Å². The number of hydrogen-bond donors (Lipinski definition) is 0. The summed E-state index contributed by atoms with van der Waals surface area (Å²) in [7, 11) is 5.06. The Morgan fingerprint density at radius 3 is 2.50 bits per heavy atom. The maximum absolute atomic E-state index is 14.6. The Morgan fingerprint density at radius 2 is 1.79 bits per heavy atom. The number of carbonyl (C=O) groups excluding carboxylic acids is 1. The zero-order valence-electron chi connectivity index (χ0n) is 19.6. The van der Waals surface area contributed by atoms with Gasteiger partial charge in [-0.2, -0.15) is 5.10 Å². The van der Waals surface area contributed by atoms with Crippen LogP contribution in [0.4, 0.5) is 4.39 Å². The molecule has 0 unspecified atom stereocenters. The monoisotopic (exact) mass is 461 g/mol. The smallest absolute Gasteiger partial charge is 0.257 e. The molecule has 34 heavy (non-hydrogen) atoms. The van der Waals surface area contributed by atoms with Crippen LogP contribution in [-0.2, 0) is 11.3 Å². The summed E-state index contributed by atoms with van der Waals surface area (Å²) in [5.41, 5.74) is 2.78. The number of ether oxygens (including phenoxy) is 2. The Labute approximate surface area is 199 Å². The van der Waals surface area contributed by atoms with E-state index in [-0.39, 0.29) is 18.3 Å². The third-order valence-electron chi connectivity index (χ3n) is 5.85. The van der Waals surface area contributed by atoms with Crippen LogP contribution in [0.5, 0.6) is 11.5 Å². The van der Waals surface area contributed by atoms with Gasteiger partial charge >= 0.3 is 0 Å². The van der Waals surface area contributed by atoms with Gasteiger partial charge in [0.05, 0.1) is 32.5 Å².